The van der Waals surface area contributed by atoms with Crippen molar-refractivity contribution < 1.29 is 9.59 Å². The van der Waals surface area contributed by atoms with Gasteiger partial charge in [-0.3, -0.25) is 9.59 Å². The molecule has 1 unspecified atom stereocenters. The molecule has 0 bridgehead atoms. The number of hydrogen-bond acceptors (Lipinski definition) is 2. The molecule has 33 heavy (non-hydrogen) atoms. The molecule has 4 aromatic rings. The summed E-state index contributed by atoms with van der Waals surface area (Å²) in [4.78, 5) is 28.6. The molecule has 1 saturated carbocycles. The summed E-state index contributed by atoms with van der Waals surface area (Å²) < 4.78 is 0. The van der Waals surface area contributed by atoms with E-state index in [9.17, 15) is 9.59 Å². The Labute approximate surface area is 193 Å². The van der Waals surface area contributed by atoms with Gasteiger partial charge in [0.25, 0.3) is 0 Å². The Balaban J connectivity index is 1.17. The van der Waals surface area contributed by atoms with E-state index in [0.717, 1.165) is 29.5 Å². The lowest BCUT2D eigenvalue weighted by atomic mass is 9.85. The van der Waals surface area contributed by atoms with E-state index in [2.05, 4.69) is 45.9 Å². The largest absolute Gasteiger partial charge is 0.361 e. The van der Waals surface area contributed by atoms with Gasteiger partial charge in [-0.1, -0.05) is 78.9 Å². The van der Waals surface area contributed by atoms with Crippen LogP contribution in [-0.2, 0) is 21.4 Å². The first kappa shape index (κ1) is 21.0. The van der Waals surface area contributed by atoms with E-state index in [0.29, 0.717) is 6.54 Å². The van der Waals surface area contributed by atoms with Crippen LogP contribution in [0.15, 0.2) is 91.1 Å². The summed E-state index contributed by atoms with van der Waals surface area (Å²) in [7, 11) is 0. The number of aromatic amines is 1. The predicted molar refractivity (Wildman–Crippen MR) is 130 cm³/mol. The maximum absolute atomic E-state index is 13.0. The second-order valence-electron chi connectivity index (χ2n) is 8.64. The van der Waals surface area contributed by atoms with Crippen molar-refractivity contribution in [1.82, 2.24) is 15.6 Å². The van der Waals surface area contributed by atoms with E-state index >= 15 is 0 Å². The van der Waals surface area contributed by atoms with Crippen LogP contribution in [0.1, 0.15) is 23.1 Å². The number of nitrogens with one attached hydrogen (secondary N) is 3. The Morgan fingerprint density at radius 1 is 0.848 bits per heavy atom. The number of fused-ring (bicyclic) bond motifs is 1. The van der Waals surface area contributed by atoms with Crippen LogP contribution >= 0.6 is 0 Å². The first-order valence-electron chi connectivity index (χ1n) is 11.4. The molecule has 3 aromatic carbocycles. The summed E-state index contributed by atoms with van der Waals surface area (Å²) in [5.41, 5.74) is 4.22. The molecule has 0 spiro atoms. The van der Waals surface area contributed by atoms with Gasteiger partial charge in [0.2, 0.25) is 11.8 Å². The first-order chi connectivity index (χ1) is 16.2. The summed E-state index contributed by atoms with van der Waals surface area (Å²) in [6, 6.07) is 28.4. The standard InChI is InChI=1S/C28H27N3O2/c32-26(29-16-15-20-18-30-25-14-8-7-13-23(20)25)19-31-27(33)24-17-28(24,21-9-3-1-4-10-21)22-11-5-2-6-12-22/h1-14,18,24,30H,15-17,19H2,(H,29,32)(H,31,33). The van der Waals surface area contributed by atoms with Crippen molar-refractivity contribution in [3.05, 3.63) is 108 Å². The molecule has 3 N–H and O–H groups in total. The maximum atomic E-state index is 13.0. The number of rotatable bonds is 8. The van der Waals surface area contributed by atoms with Gasteiger partial charge in [0.15, 0.2) is 0 Å². The van der Waals surface area contributed by atoms with E-state index in [1.54, 1.807) is 0 Å². The third-order valence-corrected chi connectivity index (χ3v) is 6.67. The fraction of sp³-hybridized carbons (Fsp3) is 0.214. The van der Waals surface area contributed by atoms with Crippen molar-refractivity contribution in [1.29, 1.82) is 0 Å². The zero-order valence-electron chi connectivity index (χ0n) is 18.4. The number of benzene rings is 3. The van der Waals surface area contributed by atoms with Crippen LogP contribution in [0, 0.1) is 5.92 Å². The zero-order chi connectivity index (χ0) is 22.7. The lowest BCUT2D eigenvalue weighted by Gasteiger charge is -2.19. The van der Waals surface area contributed by atoms with E-state index < -0.39 is 0 Å². The molecule has 1 atom stereocenters. The summed E-state index contributed by atoms with van der Waals surface area (Å²) in [5, 5.41) is 6.94. The molecular formula is C28H27N3O2. The molecule has 166 valence electrons. The smallest absolute Gasteiger partial charge is 0.239 e. The Morgan fingerprint density at radius 2 is 1.48 bits per heavy atom. The van der Waals surface area contributed by atoms with Crippen molar-refractivity contribution >= 4 is 22.7 Å². The normalized spacial score (nSPS) is 16.3. The number of hydrogen-bond donors (Lipinski definition) is 3. The van der Waals surface area contributed by atoms with Crippen LogP contribution in [0.4, 0.5) is 0 Å². The highest BCUT2D eigenvalue weighted by Crippen LogP contribution is 2.58. The van der Waals surface area contributed by atoms with Crippen LogP contribution in [0.2, 0.25) is 0 Å². The van der Waals surface area contributed by atoms with Gasteiger partial charge in [0.1, 0.15) is 0 Å². The van der Waals surface area contributed by atoms with Gasteiger partial charge >= 0.3 is 0 Å². The topological polar surface area (TPSA) is 74.0 Å². The molecule has 1 aromatic heterocycles. The van der Waals surface area contributed by atoms with Crippen molar-refractivity contribution in [3.63, 3.8) is 0 Å². The Hall–Kier alpha value is -3.86. The van der Waals surface area contributed by atoms with E-state index in [1.165, 1.54) is 10.9 Å². The number of amides is 2. The Bertz CT molecular complexity index is 1220. The Morgan fingerprint density at radius 3 is 2.18 bits per heavy atom. The van der Waals surface area contributed by atoms with Gasteiger partial charge in [0.05, 0.1) is 12.5 Å². The van der Waals surface area contributed by atoms with Crippen LogP contribution in [0.5, 0.6) is 0 Å². The van der Waals surface area contributed by atoms with Gasteiger partial charge in [0, 0.05) is 29.1 Å². The molecule has 1 aliphatic carbocycles. The third kappa shape index (κ3) is 4.14. The van der Waals surface area contributed by atoms with E-state index in [4.69, 9.17) is 0 Å². The zero-order valence-corrected chi connectivity index (χ0v) is 18.4. The average Bonchev–Trinajstić information content (AvgIpc) is 3.51. The number of aromatic nitrogens is 1. The summed E-state index contributed by atoms with van der Waals surface area (Å²) in [6.07, 6.45) is 3.46. The van der Waals surface area contributed by atoms with Crippen molar-refractivity contribution in [2.45, 2.75) is 18.3 Å². The summed E-state index contributed by atoms with van der Waals surface area (Å²) in [6.45, 7) is 0.515. The predicted octanol–water partition coefficient (Wildman–Crippen LogP) is 3.95. The van der Waals surface area contributed by atoms with E-state index in [1.807, 2.05) is 60.8 Å². The molecule has 5 rings (SSSR count). The average molecular weight is 438 g/mol. The lowest BCUT2D eigenvalue weighted by Crippen LogP contribution is -2.39. The summed E-state index contributed by atoms with van der Waals surface area (Å²) in [5.74, 6) is -0.426. The lowest BCUT2D eigenvalue weighted by molar-refractivity contribution is -0.127. The fourth-order valence-electron chi connectivity index (χ4n) is 4.88. The quantitative estimate of drug-likeness (QED) is 0.391. The third-order valence-electron chi connectivity index (χ3n) is 6.67. The highest BCUT2D eigenvalue weighted by Gasteiger charge is 2.60. The maximum Gasteiger partial charge on any atom is 0.239 e. The molecule has 5 nitrogen and oxygen atoms in total. The Kier molecular flexibility index (Phi) is 5.69. The molecule has 1 heterocycles. The van der Waals surface area contributed by atoms with Crippen molar-refractivity contribution in [2.75, 3.05) is 13.1 Å². The summed E-state index contributed by atoms with van der Waals surface area (Å²) >= 11 is 0. The fourth-order valence-corrected chi connectivity index (χ4v) is 4.88. The molecule has 5 heteroatoms. The molecule has 0 radical (unpaired) electrons. The number of carbonyl (C=O) groups excluding carboxylic acids is 2. The monoisotopic (exact) mass is 437 g/mol. The molecule has 1 aliphatic rings. The minimum Gasteiger partial charge on any atom is -0.361 e. The van der Waals surface area contributed by atoms with Gasteiger partial charge in [-0.25, -0.2) is 0 Å². The highest BCUT2D eigenvalue weighted by atomic mass is 16.2. The van der Waals surface area contributed by atoms with Crippen LogP contribution in [-0.4, -0.2) is 29.9 Å². The van der Waals surface area contributed by atoms with Crippen LogP contribution < -0.4 is 10.6 Å². The van der Waals surface area contributed by atoms with Gasteiger partial charge in [-0.2, -0.15) is 0 Å². The molecule has 0 saturated heterocycles. The second-order valence-corrected chi connectivity index (χ2v) is 8.64. The second kappa shape index (κ2) is 8.94. The van der Waals surface area contributed by atoms with Gasteiger partial charge in [-0.15, -0.1) is 0 Å². The van der Waals surface area contributed by atoms with Crippen molar-refractivity contribution in [3.8, 4) is 0 Å². The number of para-hydroxylation sites is 1. The number of carbonyl (C=O) groups is 2. The molecule has 1 fully saturated rings. The molecule has 0 aliphatic heterocycles. The van der Waals surface area contributed by atoms with Crippen molar-refractivity contribution in [2.24, 2.45) is 5.92 Å². The number of H-pyrrole nitrogens is 1. The van der Waals surface area contributed by atoms with Gasteiger partial charge in [-0.05, 0) is 35.6 Å². The minimum absolute atomic E-state index is 0.0110. The van der Waals surface area contributed by atoms with Gasteiger partial charge < -0.3 is 15.6 Å². The van der Waals surface area contributed by atoms with E-state index in [-0.39, 0.29) is 29.7 Å². The molecular weight excluding hydrogens is 410 g/mol. The first-order valence-corrected chi connectivity index (χ1v) is 11.4. The SMILES string of the molecule is O=C(CNC(=O)C1CC1(c1ccccc1)c1ccccc1)NCCc1c[nH]c2ccccc12. The highest BCUT2D eigenvalue weighted by molar-refractivity contribution is 5.90. The van der Waals surface area contributed by atoms with Crippen LogP contribution in [0.25, 0.3) is 10.9 Å². The molecule has 2 amide bonds. The van der Waals surface area contributed by atoms with Crippen LogP contribution in [0.3, 0.4) is 0 Å². The minimum atomic E-state index is -0.321.